The van der Waals surface area contributed by atoms with E-state index in [0.717, 1.165) is 16.7 Å². The monoisotopic (exact) mass is 511 g/mol. The smallest absolute Gasteiger partial charge is 0.363 e. The van der Waals surface area contributed by atoms with Gasteiger partial charge in [0.15, 0.2) is 17.2 Å². The van der Waals surface area contributed by atoms with Crippen molar-refractivity contribution in [1.29, 1.82) is 0 Å². The molecule has 4 rings (SSSR count). The molecule has 0 spiro atoms. The second-order valence-electron chi connectivity index (χ2n) is 7.10. The lowest BCUT2D eigenvalue weighted by Gasteiger charge is -2.14. The number of carbonyl (C=O) groups excluding carboxylic acids is 1. The minimum absolute atomic E-state index is 0.215. The summed E-state index contributed by atoms with van der Waals surface area (Å²) in [6.07, 6.45) is 1.66. The van der Waals surface area contributed by atoms with Crippen LogP contribution in [-0.4, -0.2) is 19.0 Å². The zero-order valence-electron chi connectivity index (χ0n) is 17.4. The Morgan fingerprint density at radius 2 is 1.88 bits per heavy atom. The van der Waals surface area contributed by atoms with Crippen LogP contribution in [0.3, 0.4) is 0 Å². The SMILES string of the molecule is COc1cc(/C=C2\N=C(c3ccccc3C)OC2=O)cc(Br)c1OCc1ccc(Cl)cc1. The average molecular weight is 513 g/mol. The summed E-state index contributed by atoms with van der Waals surface area (Å²) >= 11 is 9.47. The quantitative estimate of drug-likeness (QED) is 0.285. The minimum atomic E-state index is -0.499. The Kier molecular flexibility index (Phi) is 6.63. The molecule has 0 amide bonds. The molecule has 32 heavy (non-hydrogen) atoms. The first-order valence-electron chi connectivity index (χ1n) is 9.78. The lowest BCUT2D eigenvalue weighted by Crippen LogP contribution is -2.06. The zero-order valence-corrected chi connectivity index (χ0v) is 19.7. The van der Waals surface area contributed by atoms with Gasteiger partial charge >= 0.3 is 5.97 Å². The fraction of sp³-hybridized carbons (Fsp3) is 0.120. The van der Waals surface area contributed by atoms with E-state index >= 15 is 0 Å². The van der Waals surface area contributed by atoms with E-state index in [0.29, 0.717) is 39.1 Å². The predicted octanol–water partition coefficient (Wildman–Crippen LogP) is 6.34. The van der Waals surface area contributed by atoms with Crippen molar-refractivity contribution < 1.29 is 19.0 Å². The number of nitrogens with zero attached hydrogens (tertiary/aromatic N) is 1. The van der Waals surface area contributed by atoms with Crippen molar-refractivity contribution >= 4 is 45.5 Å². The molecule has 1 aliphatic heterocycles. The lowest BCUT2D eigenvalue weighted by atomic mass is 10.1. The van der Waals surface area contributed by atoms with Crippen molar-refractivity contribution in [1.82, 2.24) is 0 Å². The number of hydrogen-bond acceptors (Lipinski definition) is 5. The molecule has 1 aliphatic rings. The first-order valence-corrected chi connectivity index (χ1v) is 10.9. The molecular formula is C25H19BrClNO4. The number of rotatable bonds is 6. The zero-order chi connectivity index (χ0) is 22.7. The predicted molar refractivity (Wildman–Crippen MR) is 128 cm³/mol. The summed E-state index contributed by atoms with van der Waals surface area (Å²) in [7, 11) is 1.56. The Morgan fingerprint density at radius 1 is 1.12 bits per heavy atom. The Morgan fingerprint density at radius 3 is 2.59 bits per heavy atom. The Labute approximate surface area is 199 Å². The van der Waals surface area contributed by atoms with E-state index in [1.807, 2.05) is 61.5 Å². The van der Waals surface area contributed by atoms with Crippen LogP contribution < -0.4 is 9.47 Å². The highest BCUT2D eigenvalue weighted by atomic mass is 79.9. The van der Waals surface area contributed by atoms with Crippen LogP contribution in [0.2, 0.25) is 5.02 Å². The summed E-state index contributed by atoms with van der Waals surface area (Å²) in [6.45, 7) is 2.29. The maximum atomic E-state index is 12.4. The topological polar surface area (TPSA) is 57.1 Å². The molecule has 0 unspecified atom stereocenters. The number of aryl methyl sites for hydroxylation is 1. The van der Waals surface area contributed by atoms with Gasteiger partial charge in [-0.3, -0.25) is 0 Å². The van der Waals surface area contributed by atoms with Crippen molar-refractivity contribution in [2.45, 2.75) is 13.5 Å². The molecule has 0 atom stereocenters. The number of methoxy groups -OCH3 is 1. The normalized spacial score (nSPS) is 14.3. The highest BCUT2D eigenvalue weighted by Crippen LogP contribution is 2.38. The van der Waals surface area contributed by atoms with Crippen LogP contribution in [0.4, 0.5) is 0 Å². The lowest BCUT2D eigenvalue weighted by molar-refractivity contribution is -0.129. The average Bonchev–Trinajstić information content (AvgIpc) is 3.14. The third-order valence-corrected chi connectivity index (χ3v) is 5.69. The Hall–Kier alpha value is -3.09. The van der Waals surface area contributed by atoms with Crippen molar-refractivity contribution in [2.75, 3.05) is 7.11 Å². The largest absolute Gasteiger partial charge is 0.493 e. The molecule has 0 saturated heterocycles. The summed E-state index contributed by atoms with van der Waals surface area (Å²) in [5.74, 6) is 0.882. The van der Waals surface area contributed by atoms with E-state index in [-0.39, 0.29) is 5.70 Å². The van der Waals surface area contributed by atoms with Gasteiger partial charge in [-0.25, -0.2) is 9.79 Å². The molecule has 0 N–H and O–H groups in total. The summed E-state index contributed by atoms with van der Waals surface area (Å²) in [6, 6.07) is 18.7. The van der Waals surface area contributed by atoms with Crippen molar-refractivity contribution in [3.8, 4) is 11.5 Å². The molecule has 0 saturated carbocycles. The molecule has 162 valence electrons. The number of benzene rings is 3. The van der Waals surface area contributed by atoms with Crippen LogP contribution in [0.5, 0.6) is 11.5 Å². The van der Waals surface area contributed by atoms with Crippen molar-refractivity contribution in [2.24, 2.45) is 4.99 Å². The Balaban J connectivity index is 1.59. The van der Waals surface area contributed by atoms with Crippen molar-refractivity contribution in [3.63, 3.8) is 0 Å². The maximum absolute atomic E-state index is 12.4. The molecule has 0 aromatic heterocycles. The minimum Gasteiger partial charge on any atom is -0.493 e. The fourth-order valence-corrected chi connectivity index (χ4v) is 3.89. The molecule has 3 aromatic rings. The molecule has 5 nitrogen and oxygen atoms in total. The molecule has 0 bridgehead atoms. The maximum Gasteiger partial charge on any atom is 0.363 e. The standard InChI is InChI=1S/C25H19BrClNO4/c1-15-5-3-4-6-19(15)24-28-21(25(29)32-24)12-17-11-20(26)23(22(13-17)30-2)31-14-16-7-9-18(27)10-8-16/h3-13H,14H2,1-2H3/b21-12-. The number of carbonyl (C=O) groups is 1. The van der Waals surface area contributed by atoms with Crippen LogP contribution in [0, 0.1) is 6.92 Å². The van der Waals surface area contributed by atoms with E-state index in [2.05, 4.69) is 20.9 Å². The van der Waals surface area contributed by atoms with Crippen LogP contribution in [0.15, 0.2) is 75.8 Å². The fourth-order valence-electron chi connectivity index (χ4n) is 3.19. The first kappa shape index (κ1) is 22.1. The highest BCUT2D eigenvalue weighted by molar-refractivity contribution is 9.10. The van der Waals surface area contributed by atoms with Gasteiger partial charge in [0, 0.05) is 10.6 Å². The number of cyclic esters (lactones) is 1. The van der Waals surface area contributed by atoms with E-state index in [4.69, 9.17) is 25.8 Å². The van der Waals surface area contributed by atoms with Crippen LogP contribution in [0.1, 0.15) is 22.3 Å². The molecule has 3 aromatic carbocycles. The van der Waals surface area contributed by atoms with Gasteiger partial charge in [0.2, 0.25) is 5.90 Å². The second kappa shape index (κ2) is 9.59. The van der Waals surface area contributed by atoms with E-state index in [9.17, 15) is 4.79 Å². The van der Waals surface area contributed by atoms with Gasteiger partial charge in [0.25, 0.3) is 0 Å². The summed E-state index contributed by atoms with van der Waals surface area (Å²) in [5, 5.41) is 0.670. The van der Waals surface area contributed by atoms with Gasteiger partial charge in [-0.15, -0.1) is 0 Å². The summed E-state index contributed by atoms with van der Waals surface area (Å²) in [5.41, 5.74) is 3.67. The van der Waals surface area contributed by atoms with Gasteiger partial charge in [0.05, 0.1) is 11.6 Å². The van der Waals surface area contributed by atoms with Crippen LogP contribution in [-0.2, 0) is 16.1 Å². The molecule has 0 radical (unpaired) electrons. The second-order valence-corrected chi connectivity index (χ2v) is 8.39. The molecule has 0 aliphatic carbocycles. The van der Waals surface area contributed by atoms with Gasteiger partial charge in [-0.05, 0) is 76.0 Å². The molecule has 7 heteroatoms. The van der Waals surface area contributed by atoms with Gasteiger partial charge in [0.1, 0.15) is 6.61 Å². The summed E-state index contributed by atoms with van der Waals surface area (Å²) < 4.78 is 17.6. The third kappa shape index (κ3) is 4.87. The number of ether oxygens (including phenoxy) is 3. The summed E-state index contributed by atoms with van der Waals surface area (Å²) in [4.78, 5) is 16.8. The molecule has 1 heterocycles. The Bertz CT molecular complexity index is 1240. The number of halogens is 2. The van der Waals surface area contributed by atoms with Gasteiger partial charge in [-0.2, -0.15) is 0 Å². The first-order chi connectivity index (χ1) is 15.4. The number of aliphatic imine (C=N–C) groups is 1. The van der Waals surface area contributed by atoms with Gasteiger partial charge < -0.3 is 14.2 Å². The van der Waals surface area contributed by atoms with E-state index < -0.39 is 5.97 Å². The van der Waals surface area contributed by atoms with E-state index in [1.165, 1.54) is 0 Å². The van der Waals surface area contributed by atoms with Crippen molar-refractivity contribution in [3.05, 3.63) is 98.1 Å². The molecular weight excluding hydrogens is 494 g/mol. The number of hydrogen-bond donors (Lipinski definition) is 0. The van der Waals surface area contributed by atoms with E-state index in [1.54, 1.807) is 19.3 Å². The highest BCUT2D eigenvalue weighted by Gasteiger charge is 2.25. The number of esters is 1. The van der Waals surface area contributed by atoms with Gasteiger partial charge in [-0.1, -0.05) is 41.9 Å². The van der Waals surface area contributed by atoms with Crippen LogP contribution >= 0.6 is 27.5 Å². The third-order valence-electron chi connectivity index (χ3n) is 4.85. The molecule has 0 fully saturated rings. The van der Waals surface area contributed by atoms with Crippen LogP contribution in [0.25, 0.3) is 6.08 Å².